The van der Waals surface area contributed by atoms with Crippen molar-refractivity contribution in [3.05, 3.63) is 0 Å². The van der Waals surface area contributed by atoms with E-state index in [2.05, 4.69) is 25.1 Å². The molecule has 0 aromatic carbocycles. The predicted octanol–water partition coefficient (Wildman–Crippen LogP) is 1.80. The Balaban J connectivity index is 3.11. The first kappa shape index (κ1) is 12.5. The number of nitrogens with one attached hydrogen (secondary N) is 1. The van der Waals surface area contributed by atoms with Crippen LogP contribution < -0.4 is 5.32 Å². The van der Waals surface area contributed by atoms with Crippen LogP contribution in [0.3, 0.4) is 0 Å². The van der Waals surface area contributed by atoms with Crippen molar-refractivity contribution in [2.45, 2.75) is 39.2 Å². The van der Waals surface area contributed by atoms with Gasteiger partial charge in [0.2, 0.25) is 0 Å². The Kier molecular flexibility index (Phi) is 9.18. The summed E-state index contributed by atoms with van der Waals surface area (Å²) in [6.45, 7) is 6.60. The molecule has 13 heavy (non-hydrogen) atoms. The molecule has 0 amide bonds. The van der Waals surface area contributed by atoms with Gasteiger partial charge in [-0.2, -0.15) is 0 Å². The zero-order chi connectivity index (χ0) is 9.94. The lowest BCUT2D eigenvalue weighted by molar-refractivity contribution is 0.0640. The van der Waals surface area contributed by atoms with E-state index in [-0.39, 0.29) is 6.10 Å². The molecular weight excluding hydrogens is 162 g/mol. The van der Waals surface area contributed by atoms with Crippen molar-refractivity contribution >= 4 is 0 Å². The molecule has 0 aromatic rings. The Morgan fingerprint density at radius 2 is 2.23 bits per heavy atom. The zero-order valence-electron chi connectivity index (χ0n) is 8.81. The molecular formula is C11H21NO. The number of hydrogen-bond acceptors (Lipinski definition) is 2. The minimum Gasteiger partial charge on any atom is -0.377 e. The molecule has 0 fully saturated rings. The maximum atomic E-state index is 5.56. The highest BCUT2D eigenvalue weighted by Crippen LogP contribution is 1.96. The molecule has 0 aromatic heterocycles. The predicted molar refractivity (Wildman–Crippen MR) is 56.6 cm³/mol. The van der Waals surface area contributed by atoms with Crippen LogP contribution in [-0.2, 0) is 4.74 Å². The van der Waals surface area contributed by atoms with Crippen molar-refractivity contribution in [3.8, 4) is 12.3 Å². The molecule has 0 bridgehead atoms. The normalized spacial score (nSPS) is 12.4. The second kappa shape index (κ2) is 9.57. The number of ether oxygens (including phenoxy) is 1. The second-order valence-corrected chi connectivity index (χ2v) is 3.22. The molecule has 0 aliphatic heterocycles. The fourth-order valence-electron chi connectivity index (χ4n) is 1.04. The maximum Gasteiger partial charge on any atom is 0.0671 e. The quantitative estimate of drug-likeness (QED) is 0.458. The summed E-state index contributed by atoms with van der Waals surface area (Å²) in [5.74, 6) is 2.53. The molecule has 2 nitrogen and oxygen atoms in total. The largest absolute Gasteiger partial charge is 0.377 e. The van der Waals surface area contributed by atoms with E-state index in [9.17, 15) is 0 Å². The van der Waals surface area contributed by atoms with Crippen molar-refractivity contribution in [2.24, 2.45) is 0 Å². The van der Waals surface area contributed by atoms with Gasteiger partial charge in [0.15, 0.2) is 0 Å². The molecule has 0 aliphatic rings. The number of rotatable bonds is 8. The van der Waals surface area contributed by atoms with E-state index in [1.165, 1.54) is 12.8 Å². The Morgan fingerprint density at radius 1 is 1.46 bits per heavy atom. The smallest absolute Gasteiger partial charge is 0.0671 e. The Hall–Kier alpha value is -0.520. The van der Waals surface area contributed by atoms with Crippen LogP contribution in [0.4, 0.5) is 0 Å². The summed E-state index contributed by atoms with van der Waals surface area (Å²) in [7, 11) is 0. The lowest BCUT2D eigenvalue weighted by Gasteiger charge is -2.12. The number of terminal acetylenes is 1. The van der Waals surface area contributed by atoms with Crippen molar-refractivity contribution in [1.29, 1.82) is 0 Å². The summed E-state index contributed by atoms with van der Waals surface area (Å²) in [6.07, 6.45) is 9.03. The fourth-order valence-corrected chi connectivity index (χ4v) is 1.04. The summed E-state index contributed by atoms with van der Waals surface area (Å²) in [5, 5.41) is 3.11. The minimum atomic E-state index is 0.269. The van der Waals surface area contributed by atoms with Gasteiger partial charge in [-0.3, -0.25) is 0 Å². The van der Waals surface area contributed by atoms with Crippen LogP contribution in [0.1, 0.15) is 33.1 Å². The minimum absolute atomic E-state index is 0.269. The molecule has 0 spiro atoms. The van der Waals surface area contributed by atoms with Gasteiger partial charge in [0.25, 0.3) is 0 Å². The molecule has 1 unspecified atom stereocenters. The van der Waals surface area contributed by atoms with Crippen LogP contribution in [0, 0.1) is 12.3 Å². The third kappa shape index (κ3) is 9.39. The zero-order valence-corrected chi connectivity index (χ0v) is 8.81. The number of hydrogen-bond donors (Lipinski definition) is 1. The molecule has 0 rings (SSSR count). The van der Waals surface area contributed by atoms with Gasteiger partial charge in [-0.15, -0.1) is 6.42 Å². The average Bonchev–Trinajstić information content (AvgIpc) is 2.13. The Morgan fingerprint density at radius 3 is 2.85 bits per heavy atom. The van der Waals surface area contributed by atoms with Crippen LogP contribution in [0.25, 0.3) is 0 Å². The highest BCUT2D eigenvalue weighted by atomic mass is 16.5. The van der Waals surface area contributed by atoms with Gasteiger partial charge in [0.05, 0.1) is 12.6 Å². The molecule has 0 saturated carbocycles. The standard InChI is InChI=1S/C11H21NO/c1-4-6-7-9-13-11(3)10-12-8-5-2/h2,11-12H,4,6-10H2,1,3H3. The second-order valence-electron chi connectivity index (χ2n) is 3.22. The first-order chi connectivity index (χ1) is 6.31. The summed E-state index contributed by atoms with van der Waals surface area (Å²) in [5.41, 5.74) is 0. The van der Waals surface area contributed by atoms with E-state index in [4.69, 9.17) is 11.2 Å². The van der Waals surface area contributed by atoms with Crippen molar-refractivity contribution in [2.75, 3.05) is 19.7 Å². The third-order valence-electron chi connectivity index (χ3n) is 1.81. The van der Waals surface area contributed by atoms with Gasteiger partial charge in [-0.05, 0) is 13.3 Å². The SMILES string of the molecule is C#CCNCC(C)OCCCCC. The van der Waals surface area contributed by atoms with E-state index in [0.29, 0.717) is 6.54 Å². The Bertz CT molecular complexity index is 140. The van der Waals surface area contributed by atoms with E-state index in [1.54, 1.807) is 0 Å². The molecule has 2 heteroatoms. The maximum absolute atomic E-state index is 5.56. The van der Waals surface area contributed by atoms with Crippen LogP contribution in [0.5, 0.6) is 0 Å². The molecule has 0 radical (unpaired) electrons. The van der Waals surface area contributed by atoms with Crippen molar-refractivity contribution in [1.82, 2.24) is 5.32 Å². The van der Waals surface area contributed by atoms with Crippen LogP contribution in [0.2, 0.25) is 0 Å². The third-order valence-corrected chi connectivity index (χ3v) is 1.81. The van der Waals surface area contributed by atoms with Gasteiger partial charge >= 0.3 is 0 Å². The van der Waals surface area contributed by atoms with Gasteiger partial charge in [-0.25, -0.2) is 0 Å². The van der Waals surface area contributed by atoms with Crippen LogP contribution in [-0.4, -0.2) is 25.8 Å². The molecule has 0 saturated heterocycles. The molecule has 1 N–H and O–H groups in total. The van der Waals surface area contributed by atoms with E-state index in [0.717, 1.165) is 19.6 Å². The first-order valence-electron chi connectivity index (χ1n) is 5.07. The first-order valence-corrected chi connectivity index (χ1v) is 5.07. The van der Waals surface area contributed by atoms with E-state index in [1.807, 2.05) is 0 Å². The molecule has 76 valence electrons. The molecule has 0 aliphatic carbocycles. The van der Waals surface area contributed by atoms with Gasteiger partial charge in [0, 0.05) is 13.2 Å². The molecule has 0 heterocycles. The summed E-state index contributed by atoms with van der Waals surface area (Å²) in [6, 6.07) is 0. The van der Waals surface area contributed by atoms with Crippen molar-refractivity contribution in [3.63, 3.8) is 0 Å². The fraction of sp³-hybridized carbons (Fsp3) is 0.818. The van der Waals surface area contributed by atoms with Crippen molar-refractivity contribution < 1.29 is 4.74 Å². The van der Waals surface area contributed by atoms with Crippen LogP contribution in [0.15, 0.2) is 0 Å². The highest BCUT2D eigenvalue weighted by molar-refractivity contribution is 4.86. The Labute approximate surface area is 82.1 Å². The van der Waals surface area contributed by atoms with Gasteiger partial charge in [-0.1, -0.05) is 25.7 Å². The molecule has 1 atom stereocenters. The lowest BCUT2D eigenvalue weighted by atomic mass is 10.3. The average molecular weight is 183 g/mol. The summed E-state index contributed by atoms with van der Waals surface area (Å²) >= 11 is 0. The lowest BCUT2D eigenvalue weighted by Crippen LogP contribution is -2.27. The van der Waals surface area contributed by atoms with E-state index < -0.39 is 0 Å². The monoisotopic (exact) mass is 183 g/mol. The highest BCUT2D eigenvalue weighted by Gasteiger charge is 1.99. The van der Waals surface area contributed by atoms with Gasteiger partial charge in [0.1, 0.15) is 0 Å². The summed E-state index contributed by atoms with van der Waals surface area (Å²) < 4.78 is 5.56. The summed E-state index contributed by atoms with van der Waals surface area (Å²) in [4.78, 5) is 0. The van der Waals surface area contributed by atoms with Gasteiger partial charge < -0.3 is 10.1 Å². The topological polar surface area (TPSA) is 21.3 Å². The van der Waals surface area contributed by atoms with Crippen LogP contribution >= 0.6 is 0 Å². The number of unbranched alkanes of at least 4 members (excludes halogenated alkanes) is 2. The van der Waals surface area contributed by atoms with E-state index >= 15 is 0 Å².